The Labute approximate surface area is 136 Å². The van der Waals surface area contributed by atoms with Gasteiger partial charge >= 0.3 is 0 Å². The molecule has 2 amide bonds. The molecule has 0 aliphatic carbocycles. The zero-order valence-electron chi connectivity index (χ0n) is 12.6. The number of carbonyl (C=O) groups excluding carboxylic acids is 2. The van der Waals surface area contributed by atoms with Crippen LogP contribution in [0.2, 0.25) is 0 Å². The van der Waals surface area contributed by atoms with Gasteiger partial charge in [-0.2, -0.15) is 0 Å². The standard InChI is InChI=1S/C15H21N3O3.ClH/c1-3-8-18(15(20)10-17-14(19)9-16)11-12-4-6-13(21-2)7-5-12;/h3-7H,1,8-11,16H2,2H3,(H,17,19);1H. The summed E-state index contributed by atoms with van der Waals surface area (Å²) in [6.07, 6.45) is 1.65. The van der Waals surface area contributed by atoms with Gasteiger partial charge in [0.15, 0.2) is 0 Å². The van der Waals surface area contributed by atoms with Gasteiger partial charge in [-0.25, -0.2) is 0 Å². The lowest BCUT2D eigenvalue weighted by Gasteiger charge is -2.21. The number of nitrogens with two attached hydrogens (primary N) is 1. The van der Waals surface area contributed by atoms with E-state index in [0.717, 1.165) is 11.3 Å². The van der Waals surface area contributed by atoms with Crippen molar-refractivity contribution >= 4 is 24.2 Å². The van der Waals surface area contributed by atoms with Crippen LogP contribution in [0.4, 0.5) is 0 Å². The Kier molecular flexibility index (Phi) is 9.65. The van der Waals surface area contributed by atoms with Gasteiger partial charge in [0, 0.05) is 13.1 Å². The maximum atomic E-state index is 12.1. The van der Waals surface area contributed by atoms with Crippen molar-refractivity contribution in [3.8, 4) is 5.75 Å². The summed E-state index contributed by atoms with van der Waals surface area (Å²) < 4.78 is 5.09. The molecule has 22 heavy (non-hydrogen) atoms. The molecule has 0 saturated carbocycles. The van der Waals surface area contributed by atoms with Crippen LogP contribution in [-0.2, 0) is 16.1 Å². The highest BCUT2D eigenvalue weighted by Gasteiger charge is 2.13. The Morgan fingerprint density at radius 2 is 2.00 bits per heavy atom. The summed E-state index contributed by atoms with van der Waals surface area (Å²) in [4.78, 5) is 24.8. The van der Waals surface area contributed by atoms with Crippen LogP contribution in [0.1, 0.15) is 5.56 Å². The number of rotatable bonds is 8. The molecule has 0 aliphatic rings. The van der Waals surface area contributed by atoms with Crippen molar-refractivity contribution in [2.75, 3.05) is 26.7 Å². The van der Waals surface area contributed by atoms with E-state index < -0.39 is 0 Å². The molecule has 0 fully saturated rings. The van der Waals surface area contributed by atoms with Gasteiger partial charge in [-0.1, -0.05) is 18.2 Å². The summed E-state index contributed by atoms with van der Waals surface area (Å²) in [6.45, 7) is 4.28. The Balaban J connectivity index is 0.00000441. The first-order valence-electron chi connectivity index (χ1n) is 6.59. The molecule has 0 radical (unpaired) electrons. The normalized spacial score (nSPS) is 9.36. The van der Waals surface area contributed by atoms with Gasteiger partial charge in [-0.3, -0.25) is 9.59 Å². The van der Waals surface area contributed by atoms with Crippen molar-refractivity contribution in [3.63, 3.8) is 0 Å². The third kappa shape index (κ3) is 6.60. The van der Waals surface area contributed by atoms with E-state index in [2.05, 4.69) is 11.9 Å². The second kappa shape index (κ2) is 10.6. The Hall–Kier alpha value is -2.05. The average molecular weight is 328 g/mol. The van der Waals surface area contributed by atoms with Gasteiger partial charge in [-0.15, -0.1) is 19.0 Å². The number of hydrogen-bond donors (Lipinski definition) is 2. The van der Waals surface area contributed by atoms with Gasteiger partial charge in [0.1, 0.15) is 5.75 Å². The van der Waals surface area contributed by atoms with Crippen molar-refractivity contribution < 1.29 is 14.3 Å². The van der Waals surface area contributed by atoms with Crippen LogP contribution >= 0.6 is 12.4 Å². The molecule has 0 bridgehead atoms. The Morgan fingerprint density at radius 1 is 1.36 bits per heavy atom. The van der Waals surface area contributed by atoms with Crippen LogP contribution in [0.5, 0.6) is 5.75 Å². The molecule has 1 aromatic rings. The van der Waals surface area contributed by atoms with Crippen LogP contribution in [0, 0.1) is 0 Å². The fourth-order valence-electron chi connectivity index (χ4n) is 1.72. The number of benzene rings is 1. The summed E-state index contributed by atoms with van der Waals surface area (Å²) in [6, 6.07) is 7.45. The van der Waals surface area contributed by atoms with Crippen LogP contribution in [-0.4, -0.2) is 43.5 Å². The quantitative estimate of drug-likeness (QED) is 0.689. The van der Waals surface area contributed by atoms with Crippen LogP contribution < -0.4 is 15.8 Å². The van der Waals surface area contributed by atoms with E-state index in [1.807, 2.05) is 24.3 Å². The fraction of sp³-hybridized carbons (Fsp3) is 0.333. The summed E-state index contributed by atoms with van der Waals surface area (Å²) in [5.74, 6) is 0.217. The van der Waals surface area contributed by atoms with Gasteiger partial charge < -0.3 is 20.7 Å². The van der Waals surface area contributed by atoms with Crippen molar-refractivity contribution in [1.82, 2.24) is 10.2 Å². The molecule has 122 valence electrons. The molecule has 6 nitrogen and oxygen atoms in total. The van der Waals surface area contributed by atoms with Gasteiger partial charge in [0.2, 0.25) is 11.8 Å². The Morgan fingerprint density at radius 3 is 2.50 bits per heavy atom. The van der Waals surface area contributed by atoms with E-state index in [0.29, 0.717) is 13.1 Å². The molecule has 0 saturated heterocycles. The SMILES string of the molecule is C=CCN(Cc1ccc(OC)cc1)C(=O)CNC(=O)CN.Cl. The maximum absolute atomic E-state index is 12.1. The average Bonchev–Trinajstić information content (AvgIpc) is 2.52. The van der Waals surface area contributed by atoms with E-state index in [1.54, 1.807) is 18.1 Å². The monoisotopic (exact) mass is 327 g/mol. The number of halogens is 1. The highest BCUT2D eigenvalue weighted by molar-refractivity contribution is 5.85. The number of hydrogen-bond acceptors (Lipinski definition) is 4. The van der Waals surface area contributed by atoms with Crippen molar-refractivity contribution in [1.29, 1.82) is 0 Å². The van der Waals surface area contributed by atoms with Gasteiger partial charge in [0.25, 0.3) is 0 Å². The van der Waals surface area contributed by atoms with Crippen LogP contribution in [0.15, 0.2) is 36.9 Å². The predicted octanol–water partition coefficient (Wildman–Crippen LogP) is 0.706. The molecular weight excluding hydrogens is 306 g/mol. The molecule has 1 rings (SSSR count). The molecule has 1 aromatic carbocycles. The van der Waals surface area contributed by atoms with Crippen molar-refractivity contribution in [3.05, 3.63) is 42.5 Å². The fourth-order valence-corrected chi connectivity index (χ4v) is 1.72. The third-order valence-corrected chi connectivity index (χ3v) is 2.86. The molecule has 0 atom stereocenters. The topological polar surface area (TPSA) is 84.7 Å². The highest BCUT2D eigenvalue weighted by Crippen LogP contribution is 2.13. The Bertz CT molecular complexity index is 491. The van der Waals surface area contributed by atoms with E-state index in [-0.39, 0.29) is 37.3 Å². The first kappa shape index (κ1) is 19.9. The summed E-state index contributed by atoms with van der Waals surface area (Å²) in [5.41, 5.74) is 6.15. The third-order valence-electron chi connectivity index (χ3n) is 2.86. The molecule has 7 heteroatoms. The predicted molar refractivity (Wildman–Crippen MR) is 87.9 cm³/mol. The number of amides is 2. The molecule has 0 unspecified atom stereocenters. The van der Waals surface area contributed by atoms with E-state index in [4.69, 9.17) is 10.5 Å². The van der Waals surface area contributed by atoms with Gasteiger partial charge in [0.05, 0.1) is 20.2 Å². The number of nitrogens with zero attached hydrogens (tertiary/aromatic N) is 1. The number of ether oxygens (including phenoxy) is 1. The summed E-state index contributed by atoms with van der Waals surface area (Å²) in [7, 11) is 1.60. The van der Waals surface area contributed by atoms with Crippen molar-refractivity contribution in [2.24, 2.45) is 5.73 Å². The molecule has 0 aliphatic heterocycles. The number of nitrogens with one attached hydrogen (secondary N) is 1. The molecular formula is C15H22ClN3O3. The second-order valence-electron chi connectivity index (χ2n) is 4.39. The first-order chi connectivity index (χ1) is 10.1. The number of carbonyl (C=O) groups is 2. The molecule has 0 aromatic heterocycles. The smallest absolute Gasteiger partial charge is 0.242 e. The van der Waals surface area contributed by atoms with Crippen LogP contribution in [0.3, 0.4) is 0 Å². The van der Waals surface area contributed by atoms with E-state index in [1.165, 1.54) is 0 Å². The van der Waals surface area contributed by atoms with Crippen LogP contribution in [0.25, 0.3) is 0 Å². The molecule has 0 heterocycles. The second-order valence-corrected chi connectivity index (χ2v) is 4.39. The van der Waals surface area contributed by atoms with Crippen molar-refractivity contribution in [2.45, 2.75) is 6.54 Å². The minimum atomic E-state index is -0.355. The lowest BCUT2D eigenvalue weighted by molar-refractivity contribution is -0.132. The lowest BCUT2D eigenvalue weighted by atomic mass is 10.2. The highest BCUT2D eigenvalue weighted by atomic mass is 35.5. The molecule has 3 N–H and O–H groups in total. The minimum Gasteiger partial charge on any atom is -0.497 e. The molecule has 0 spiro atoms. The summed E-state index contributed by atoms with van der Waals surface area (Å²) in [5, 5.41) is 2.47. The largest absolute Gasteiger partial charge is 0.497 e. The zero-order valence-corrected chi connectivity index (χ0v) is 13.4. The zero-order chi connectivity index (χ0) is 15.7. The minimum absolute atomic E-state index is 0. The summed E-state index contributed by atoms with van der Waals surface area (Å²) >= 11 is 0. The lowest BCUT2D eigenvalue weighted by Crippen LogP contribution is -2.41. The van der Waals surface area contributed by atoms with E-state index >= 15 is 0 Å². The first-order valence-corrected chi connectivity index (χ1v) is 6.59. The van der Waals surface area contributed by atoms with E-state index in [9.17, 15) is 9.59 Å². The van der Waals surface area contributed by atoms with Gasteiger partial charge in [-0.05, 0) is 17.7 Å². The maximum Gasteiger partial charge on any atom is 0.242 e. The number of methoxy groups -OCH3 is 1.